The van der Waals surface area contributed by atoms with Crippen LogP contribution in [-0.2, 0) is 4.79 Å². The van der Waals surface area contributed by atoms with Crippen molar-refractivity contribution < 1.29 is 14.3 Å². The minimum atomic E-state index is -0.872. The highest BCUT2D eigenvalue weighted by Gasteiger charge is 2.03. The van der Waals surface area contributed by atoms with Crippen LogP contribution in [0, 0.1) is 0 Å². The van der Waals surface area contributed by atoms with Gasteiger partial charge in [0.15, 0.2) is 6.39 Å². The second kappa shape index (κ2) is 3.91. The SMILES string of the molecule is O=C(O)CCNc1ncc2ncoc2n1. The Morgan fingerprint density at radius 3 is 3.20 bits per heavy atom. The molecule has 15 heavy (non-hydrogen) atoms. The highest BCUT2D eigenvalue weighted by molar-refractivity contribution is 5.68. The number of aliphatic carboxylic acids is 1. The van der Waals surface area contributed by atoms with E-state index >= 15 is 0 Å². The second-order valence-corrected chi connectivity index (χ2v) is 2.81. The standard InChI is InChI=1S/C8H8N4O3/c13-6(14)1-2-9-8-10-3-5-7(12-8)15-4-11-5/h3-4H,1-2H2,(H,13,14)(H,9,10,12). The molecule has 0 aliphatic rings. The molecule has 7 nitrogen and oxygen atoms in total. The van der Waals surface area contributed by atoms with Crippen LogP contribution < -0.4 is 5.32 Å². The molecule has 0 atom stereocenters. The Hall–Kier alpha value is -2.18. The van der Waals surface area contributed by atoms with Crippen LogP contribution in [-0.4, -0.2) is 32.6 Å². The van der Waals surface area contributed by atoms with Crippen molar-refractivity contribution in [2.75, 3.05) is 11.9 Å². The minimum absolute atomic E-state index is 0.0117. The van der Waals surface area contributed by atoms with Crippen LogP contribution in [0.2, 0.25) is 0 Å². The van der Waals surface area contributed by atoms with Crippen molar-refractivity contribution in [2.45, 2.75) is 6.42 Å². The first-order chi connectivity index (χ1) is 7.25. The Bertz CT molecular complexity index is 481. The summed E-state index contributed by atoms with van der Waals surface area (Å²) in [4.78, 5) is 22.0. The van der Waals surface area contributed by atoms with Crippen LogP contribution in [0.3, 0.4) is 0 Å². The van der Waals surface area contributed by atoms with E-state index in [1.165, 1.54) is 12.6 Å². The molecule has 0 saturated carbocycles. The molecule has 7 heteroatoms. The van der Waals surface area contributed by atoms with Crippen molar-refractivity contribution in [2.24, 2.45) is 0 Å². The van der Waals surface area contributed by atoms with Crippen molar-refractivity contribution >= 4 is 23.1 Å². The van der Waals surface area contributed by atoms with Crippen LogP contribution in [0.5, 0.6) is 0 Å². The topological polar surface area (TPSA) is 101 Å². The third-order valence-electron chi connectivity index (χ3n) is 1.71. The molecule has 2 rings (SSSR count). The van der Waals surface area contributed by atoms with E-state index in [0.29, 0.717) is 17.2 Å². The molecule has 0 spiro atoms. The average Bonchev–Trinajstić information content (AvgIpc) is 2.64. The Morgan fingerprint density at radius 1 is 1.53 bits per heavy atom. The third kappa shape index (κ3) is 2.19. The maximum Gasteiger partial charge on any atom is 0.305 e. The molecule has 0 aromatic carbocycles. The fraction of sp³-hybridized carbons (Fsp3) is 0.250. The minimum Gasteiger partial charge on any atom is -0.481 e. The van der Waals surface area contributed by atoms with Gasteiger partial charge in [-0.15, -0.1) is 0 Å². The number of nitrogens with zero attached hydrogens (tertiary/aromatic N) is 3. The maximum absolute atomic E-state index is 10.3. The van der Waals surface area contributed by atoms with Crippen molar-refractivity contribution in [3.63, 3.8) is 0 Å². The van der Waals surface area contributed by atoms with Crippen molar-refractivity contribution in [1.82, 2.24) is 15.0 Å². The third-order valence-corrected chi connectivity index (χ3v) is 1.71. The van der Waals surface area contributed by atoms with Gasteiger partial charge in [0.1, 0.15) is 5.52 Å². The number of anilines is 1. The van der Waals surface area contributed by atoms with Crippen LogP contribution in [0.1, 0.15) is 6.42 Å². The summed E-state index contributed by atoms with van der Waals surface area (Å²) in [5.41, 5.74) is 0.946. The van der Waals surface area contributed by atoms with Gasteiger partial charge < -0.3 is 14.8 Å². The number of nitrogens with one attached hydrogen (secondary N) is 1. The smallest absolute Gasteiger partial charge is 0.305 e. The fourth-order valence-corrected chi connectivity index (χ4v) is 1.03. The zero-order valence-corrected chi connectivity index (χ0v) is 7.67. The first-order valence-electron chi connectivity index (χ1n) is 4.27. The molecule has 0 bridgehead atoms. The Labute approximate surface area is 84.2 Å². The van der Waals surface area contributed by atoms with Crippen LogP contribution >= 0.6 is 0 Å². The first kappa shape index (κ1) is 9.38. The van der Waals surface area contributed by atoms with Crippen molar-refractivity contribution in [1.29, 1.82) is 0 Å². The lowest BCUT2D eigenvalue weighted by atomic mass is 10.4. The summed E-state index contributed by atoms with van der Waals surface area (Å²) in [6.45, 7) is 0.273. The molecular weight excluding hydrogens is 200 g/mol. The number of aromatic nitrogens is 3. The monoisotopic (exact) mass is 208 g/mol. The Morgan fingerprint density at radius 2 is 2.40 bits per heavy atom. The number of carboxylic acid groups (broad SMARTS) is 1. The number of hydrogen-bond donors (Lipinski definition) is 2. The van der Waals surface area contributed by atoms with Gasteiger partial charge >= 0.3 is 5.97 Å². The summed E-state index contributed by atoms with van der Waals surface area (Å²) in [5.74, 6) is -0.538. The first-order valence-corrected chi connectivity index (χ1v) is 4.27. The van der Waals surface area contributed by atoms with Gasteiger partial charge in [-0.2, -0.15) is 4.98 Å². The Kier molecular flexibility index (Phi) is 2.44. The summed E-state index contributed by atoms with van der Waals surface area (Å²) < 4.78 is 4.97. The van der Waals surface area contributed by atoms with E-state index in [0.717, 1.165) is 0 Å². The molecule has 0 fully saturated rings. The second-order valence-electron chi connectivity index (χ2n) is 2.81. The van der Waals surface area contributed by atoms with Crippen LogP contribution in [0.4, 0.5) is 5.95 Å². The lowest BCUT2D eigenvalue weighted by Gasteiger charge is -2.00. The van der Waals surface area contributed by atoms with E-state index in [1.807, 2.05) is 0 Å². The Balaban J connectivity index is 2.04. The predicted octanol–water partition coefficient (Wildman–Crippen LogP) is 0.504. The van der Waals surface area contributed by atoms with E-state index in [1.54, 1.807) is 0 Å². The molecule has 2 N–H and O–H groups in total. The van der Waals surface area contributed by atoms with Gasteiger partial charge in [-0.25, -0.2) is 9.97 Å². The highest BCUT2D eigenvalue weighted by Crippen LogP contribution is 2.09. The van der Waals surface area contributed by atoms with Crippen LogP contribution in [0.15, 0.2) is 17.0 Å². The number of oxazole rings is 1. The lowest BCUT2D eigenvalue weighted by Crippen LogP contribution is -2.09. The molecule has 0 radical (unpaired) electrons. The van der Waals surface area contributed by atoms with Gasteiger partial charge in [-0.05, 0) is 0 Å². The molecule has 0 aliphatic heterocycles. The van der Waals surface area contributed by atoms with Crippen molar-refractivity contribution in [3.05, 3.63) is 12.6 Å². The zero-order valence-electron chi connectivity index (χ0n) is 7.67. The van der Waals surface area contributed by atoms with E-state index in [-0.39, 0.29) is 13.0 Å². The molecule has 2 heterocycles. The molecule has 2 aromatic rings. The van der Waals surface area contributed by atoms with E-state index in [4.69, 9.17) is 9.52 Å². The summed E-state index contributed by atoms with van der Waals surface area (Å²) in [7, 11) is 0. The maximum atomic E-state index is 10.3. The molecule has 78 valence electrons. The van der Waals surface area contributed by atoms with E-state index in [2.05, 4.69) is 20.3 Å². The van der Waals surface area contributed by atoms with Crippen molar-refractivity contribution in [3.8, 4) is 0 Å². The number of carbonyl (C=O) groups is 1. The molecular formula is C8H8N4O3. The van der Waals surface area contributed by atoms with Crippen LogP contribution in [0.25, 0.3) is 11.2 Å². The average molecular weight is 208 g/mol. The summed E-state index contributed by atoms with van der Waals surface area (Å²) in [6.07, 6.45) is 2.80. The fourth-order valence-electron chi connectivity index (χ4n) is 1.03. The number of fused-ring (bicyclic) bond motifs is 1. The summed E-state index contributed by atoms with van der Waals surface area (Å²) in [5, 5.41) is 11.2. The summed E-state index contributed by atoms with van der Waals surface area (Å²) in [6, 6.07) is 0. The lowest BCUT2D eigenvalue weighted by molar-refractivity contribution is -0.136. The number of rotatable bonds is 4. The molecule has 0 saturated heterocycles. The predicted molar refractivity (Wildman–Crippen MR) is 50.3 cm³/mol. The van der Waals surface area contributed by atoms with Gasteiger partial charge in [0, 0.05) is 6.54 Å². The quantitative estimate of drug-likeness (QED) is 0.754. The van der Waals surface area contributed by atoms with E-state index < -0.39 is 5.97 Å². The summed E-state index contributed by atoms with van der Waals surface area (Å²) >= 11 is 0. The van der Waals surface area contributed by atoms with Gasteiger partial charge in [0.25, 0.3) is 5.71 Å². The van der Waals surface area contributed by atoms with Gasteiger partial charge in [-0.3, -0.25) is 4.79 Å². The normalized spacial score (nSPS) is 10.4. The van der Waals surface area contributed by atoms with E-state index in [9.17, 15) is 4.79 Å². The van der Waals surface area contributed by atoms with Gasteiger partial charge in [-0.1, -0.05) is 0 Å². The zero-order chi connectivity index (χ0) is 10.7. The number of hydrogen-bond acceptors (Lipinski definition) is 6. The number of carboxylic acids is 1. The molecule has 0 aliphatic carbocycles. The largest absolute Gasteiger partial charge is 0.481 e. The molecule has 0 amide bonds. The van der Waals surface area contributed by atoms with Gasteiger partial charge in [0.05, 0.1) is 12.6 Å². The highest BCUT2D eigenvalue weighted by atomic mass is 16.4. The van der Waals surface area contributed by atoms with Gasteiger partial charge in [0.2, 0.25) is 5.95 Å². The molecule has 0 unspecified atom stereocenters. The molecule has 2 aromatic heterocycles.